The molecule has 2 rings (SSSR count). The van der Waals surface area contributed by atoms with Gasteiger partial charge in [0.1, 0.15) is 0 Å². The van der Waals surface area contributed by atoms with Crippen molar-refractivity contribution in [3.63, 3.8) is 0 Å². The van der Waals surface area contributed by atoms with Crippen LogP contribution in [0.3, 0.4) is 0 Å². The van der Waals surface area contributed by atoms with E-state index in [2.05, 4.69) is 4.98 Å². The molecule has 2 aromatic rings. The van der Waals surface area contributed by atoms with E-state index in [-0.39, 0.29) is 17.7 Å². The molecular formula is C18H17F3N2O. The number of aromatic nitrogens is 1. The Labute approximate surface area is 138 Å². The maximum atomic E-state index is 13.3. The van der Waals surface area contributed by atoms with Gasteiger partial charge in [0.2, 0.25) is 0 Å². The molecular weight excluding hydrogens is 317 g/mol. The second kappa shape index (κ2) is 7.93. The Morgan fingerprint density at radius 1 is 1.21 bits per heavy atom. The average molecular weight is 334 g/mol. The lowest BCUT2D eigenvalue weighted by atomic mass is 9.97. The largest absolute Gasteiger partial charge is 0.416 e. The fraction of sp³-hybridized carbons (Fsp3) is 0.333. The summed E-state index contributed by atoms with van der Waals surface area (Å²) < 4.78 is 44.8. The second-order valence-corrected chi connectivity index (χ2v) is 5.31. The van der Waals surface area contributed by atoms with Crippen LogP contribution in [0.4, 0.5) is 13.2 Å². The molecule has 1 heterocycles. The van der Waals surface area contributed by atoms with Gasteiger partial charge < -0.3 is 4.74 Å². The predicted octanol–water partition coefficient (Wildman–Crippen LogP) is 4.41. The number of halogens is 3. The molecule has 0 bridgehead atoms. The lowest BCUT2D eigenvalue weighted by molar-refractivity contribution is -0.138. The Bertz CT molecular complexity index is 736. The van der Waals surface area contributed by atoms with E-state index in [1.54, 1.807) is 25.3 Å². The second-order valence-electron chi connectivity index (χ2n) is 5.31. The van der Waals surface area contributed by atoms with Gasteiger partial charge in [0.15, 0.2) is 0 Å². The van der Waals surface area contributed by atoms with Crippen LogP contribution in [-0.2, 0) is 23.8 Å². The third kappa shape index (κ3) is 4.33. The molecule has 6 heteroatoms. The molecule has 0 spiro atoms. The number of alkyl halides is 3. The minimum absolute atomic E-state index is 0.106. The molecule has 0 amide bonds. The van der Waals surface area contributed by atoms with Gasteiger partial charge >= 0.3 is 6.18 Å². The van der Waals surface area contributed by atoms with Crippen molar-refractivity contribution in [3.05, 3.63) is 53.2 Å². The number of ether oxygens (including phenoxy) is 1. The molecule has 126 valence electrons. The van der Waals surface area contributed by atoms with E-state index in [1.807, 2.05) is 12.1 Å². The molecule has 0 unspecified atom stereocenters. The van der Waals surface area contributed by atoms with Crippen molar-refractivity contribution in [1.82, 2.24) is 4.98 Å². The minimum atomic E-state index is -4.52. The summed E-state index contributed by atoms with van der Waals surface area (Å²) in [6, 6.07) is 10.0. The van der Waals surface area contributed by atoms with Gasteiger partial charge in [-0.15, -0.1) is 0 Å². The smallest absolute Gasteiger partial charge is 0.385 e. The minimum Gasteiger partial charge on any atom is -0.385 e. The molecule has 0 atom stereocenters. The van der Waals surface area contributed by atoms with Crippen LogP contribution < -0.4 is 0 Å². The molecule has 0 saturated carbocycles. The number of nitriles is 1. The molecule has 0 N–H and O–H groups in total. The predicted molar refractivity (Wildman–Crippen MR) is 84.2 cm³/mol. The van der Waals surface area contributed by atoms with Gasteiger partial charge in [-0.2, -0.15) is 18.4 Å². The van der Waals surface area contributed by atoms with Crippen LogP contribution in [-0.4, -0.2) is 18.7 Å². The first kappa shape index (κ1) is 18.0. The summed E-state index contributed by atoms with van der Waals surface area (Å²) in [6.07, 6.45) is -2.24. The van der Waals surface area contributed by atoms with Crippen molar-refractivity contribution in [2.75, 3.05) is 13.7 Å². The topological polar surface area (TPSA) is 45.9 Å². The summed E-state index contributed by atoms with van der Waals surface area (Å²) in [4.78, 5) is 4.15. The van der Waals surface area contributed by atoms with Crippen molar-refractivity contribution < 1.29 is 17.9 Å². The summed E-state index contributed by atoms with van der Waals surface area (Å²) in [5.41, 5.74) is 0.939. The Balaban J connectivity index is 2.45. The van der Waals surface area contributed by atoms with Crippen molar-refractivity contribution in [3.8, 4) is 17.3 Å². The number of benzene rings is 1. The first-order valence-corrected chi connectivity index (χ1v) is 7.47. The molecule has 3 nitrogen and oxygen atoms in total. The summed E-state index contributed by atoms with van der Waals surface area (Å²) in [7, 11) is 1.61. The Hall–Kier alpha value is -2.39. The number of nitrogens with zero attached hydrogens (tertiary/aromatic N) is 2. The normalized spacial score (nSPS) is 11.3. The highest BCUT2D eigenvalue weighted by Crippen LogP contribution is 2.35. The highest BCUT2D eigenvalue weighted by Gasteiger charge is 2.34. The average Bonchev–Trinajstić information content (AvgIpc) is 2.55. The fourth-order valence-corrected chi connectivity index (χ4v) is 2.52. The first-order chi connectivity index (χ1) is 11.5. The molecule has 24 heavy (non-hydrogen) atoms. The Morgan fingerprint density at radius 2 is 1.96 bits per heavy atom. The maximum Gasteiger partial charge on any atom is 0.416 e. The fourth-order valence-electron chi connectivity index (χ4n) is 2.52. The van der Waals surface area contributed by atoms with Crippen LogP contribution in [0.15, 0.2) is 36.5 Å². The van der Waals surface area contributed by atoms with Crippen LogP contribution >= 0.6 is 0 Å². The summed E-state index contributed by atoms with van der Waals surface area (Å²) in [5.74, 6) is 0. The van der Waals surface area contributed by atoms with Crippen molar-refractivity contribution in [2.24, 2.45) is 0 Å². The monoisotopic (exact) mass is 334 g/mol. The SMILES string of the molecule is COCCCc1ccccc1-c1cc(C(F)(F)F)c(CC#N)cn1. The van der Waals surface area contributed by atoms with Crippen LogP contribution in [0.5, 0.6) is 0 Å². The number of rotatable bonds is 6. The van der Waals surface area contributed by atoms with Crippen LogP contribution in [0.1, 0.15) is 23.1 Å². The van der Waals surface area contributed by atoms with E-state index in [1.165, 1.54) is 0 Å². The van der Waals surface area contributed by atoms with Crippen LogP contribution in [0.25, 0.3) is 11.3 Å². The molecule has 0 aliphatic rings. The summed E-state index contributed by atoms with van der Waals surface area (Å²) >= 11 is 0. The first-order valence-electron chi connectivity index (χ1n) is 7.47. The quantitative estimate of drug-likeness (QED) is 0.735. The Kier molecular flexibility index (Phi) is 5.93. The van der Waals surface area contributed by atoms with Gasteiger partial charge in [0.05, 0.1) is 23.7 Å². The van der Waals surface area contributed by atoms with Crippen LogP contribution in [0.2, 0.25) is 0 Å². The molecule has 0 saturated heterocycles. The van der Waals surface area contributed by atoms with Gasteiger partial charge in [-0.25, -0.2) is 0 Å². The van der Waals surface area contributed by atoms with Crippen molar-refractivity contribution in [2.45, 2.75) is 25.4 Å². The third-order valence-corrected chi connectivity index (χ3v) is 3.65. The van der Waals surface area contributed by atoms with E-state index in [9.17, 15) is 13.2 Å². The van der Waals surface area contributed by atoms with Gasteiger partial charge in [-0.1, -0.05) is 24.3 Å². The lowest BCUT2D eigenvalue weighted by Gasteiger charge is -2.14. The highest BCUT2D eigenvalue weighted by atomic mass is 19.4. The van der Waals surface area contributed by atoms with Gasteiger partial charge in [0, 0.05) is 25.5 Å². The number of pyridine rings is 1. The van der Waals surface area contributed by atoms with Crippen molar-refractivity contribution >= 4 is 0 Å². The van der Waals surface area contributed by atoms with E-state index in [0.717, 1.165) is 24.2 Å². The van der Waals surface area contributed by atoms with Crippen molar-refractivity contribution in [1.29, 1.82) is 5.26 Å². The third-order valence-electron chi connectivity index (χ3n) is 3.65. The maximum absolute atomic E-state index is 13.3. The molecule has 0 aliphatic heterocycles. The van der Waals surface area contributed by atoms with E-state index >= 15 is 0 Å². The summed E-state index contributed by atoms with van der Waals surface area (Å²) in [5, 5.41) is 8.70. The van der Waals surface area contributed by atoms with E-state index in [0.29, 0.717) is 18.6 Å². The number of hydrogen-bond acceptors (Lipinski definition) is 3. The zero-order chi connectivity index (χ0) is 17.6. The molecule has 0 radical (unpaired) electrons. The number of aryl methyl sites for hydroxylation is 1. The molecule has 0 fully saturated rings. The Morgan fingerprint density at radius 3 is 2.62 bits per heavy atom. The molecule has 1 aromatic heterocycles. The zero-order valence-corrected chi connectivity index (χ0v) is 13.2. The standard InChI is InChI=1S/C18H17F3N2O/c1-24-10-4-6-13-5-2-3-7-15(13)17-11-16(18(19,20)21)14(8-9-22)12-23-17/h2-3,5,7,11-12H,4,6,8,10H2,1H3. The molecule has 1 aromatic carbocycles. The number of methoxy groups -OCH3 is 1. The van der Waals surface area contributed by atoms with E-state index < -0.39 is 11.7 Å². The summed E-state index contributed by atoms with van der Waals surface area (Å²) in [6.45, 7) is 0.580. The lowest BCUT2D eigenvalue weighted by Crippen LogP contribution is -2.10. The zero-order valence-electron chi connectivity index (χ0n) is 13.2. The molecule has 0 aliphatic carbocycles. The van der Waals surface area contributed by atoms with E-state index in [4.69, 9.17) is 10.00 Å². The van der Waals surface area contributed by atoms with Gasteiger partial charge in [0.25, 0.3) is 0 Å². The van der Waals surface area contributed by atoms with Crippen LogP contribution in [0, 0.1) is 11.3 Å². The van der Waals surface area contributed by atoms with Gasteiger partial charge in [-0.3, -0.25) is 4.98 Å². The number of hydrogen-bond donors (Lipinski definition) is 0. The van der Waals surface area contributed by atoms with Gasteiger partial charge in [-0.05, 0) is 30.0 Å². The highest BCUT2D eigenvalue weighted by molar-refractivity contribution is 5.65.